The average Bonchev–Trinajstić information content (AvgIpc) is 2.68. The summed E-state index contributed by atoms with van der Waals surface area (Å²) in [4.78, 5) is 0. The molecule has 1 unspecified atom stereocenters. The van der Waals surface area contributed by atoms with Crippen molar-refractivity contribution in [2.45, 2.75) is 40.2 Å². The van der Waals surface area contributed by atoms with Crippen LogP contribution < -0.4 is 5.73 Å². The summed E-state index contributed by atoms with van der Waals surface area (Å²) in [5, 5.41) is 4.45. The van der Waals surface area contributed by atoms with Gasteiger partial charge in [0, 0.05) is 6.07 Å². The van der Waals surface area contributed by atoms with Crippen LogP contribution in [0.3, 0.4) is 0 Å². The minimum absolute atomic E-state index is 0.168. The molecule has 2 aromatic rings. The van der Waals surface area contributed by atoms with E-state index in [-0.39, 0.29) is 6.04 Å². The SMILES string of the molecule is Cc1cc(N)n(C(C)c2ccc(CC(C)C)cc2)n1. The van der Waals surface area contributed by atoms with Gasteiger partial charge >= 0.3 is 0 Å². The molecule has 2 rings (SSSR count). The maximum Gasteiger partial charge on any atom is 0.122 e. The van der Waals surface area contributed by atoms with E-state index in [0.29, 0.717) is 5.92 Å². The number of nitrogen functional groups attached to an aromatic ring is 1. The van der Waals surface area contributed by atoms with Crippen molar-refractivity contribution in [3.8, 4) is 0 Å². The summed E-state index contributed by atoms with van der Waals surface area (Å²) >= 11 is 0. The van der Waals surface area contributed by atoms with Crippen molar-refractivity contribution in [3.05, 3.63) is 47.2 Å². The fourth-order valence-electron chi connectivity index (χ4n) is 2.39. The van der Waals surface area contributed by atoms with E-state index in [4.69, 9.17) is 5.73 Å². The Bertz CT molecular complexity index is 538. The molecule has 0 aliphatic heterocycles. The van der Waals surface area contributed by atoms with Crippen molar-refractivity contribution < 1.29 is 0 Å². The van der Waals surface area contributed by atoms with E-state index in [1.807, 2.05) is 17.7 Å². The first-order chi connectivity index (χ1) is 8.97. The van der Waals surface area contributed by atoms with Crippen LogP contribution in [-0.4, -0.2) is 9.78 Å². The van der Waals surface area contributed by atoms with Gasteiger partial charge in [-0.15, -0.1) is 0 Å². The van der Waals surface area contributed by atoms with Gasteiger partial charge in [0.05, 0.1) is 11.7 Å². The van der Waals surface area contributed by atoms with Crippen LogP contribution in [-0.2, 0) is 6.42 Å². The van der Waals surface area contributed by atoms with Crippen molar-refractivity contribution in [2.24, 2.45) is 5.92 Å². The zero-order chi connectivity index (χ0) is 14.0. The summed E-state index contributed by atoms with van der Waals surface area (Å²) in [5.74, 6) is 1.41. The lowest BCUT2D eigenvalue weighted by atomic mass is 10.00. The van der Waals surface area contributed by atoms with E-state index in [1.54, 1.807) is 0 Å². The first kappa shape index (κ1) is 13.7. The molecule has 0 saturated heterocycles. The summed E-state index contributed by atoms with van der Waals surface area (Å²) in [6, 6.07) is 10.8. The Labute approximate surface area is 115 Å². The number of rotatable bonds is 4. The summed E-state index contributed by atoms with van der Waals surface area (Å²) in [6.45, 7) is 8.57. The molecule has 0 saturated carbocycles. The number of aryl methyl sites for hydroxylation is 1. The van der Waals surface area contributed by atoms with E-state index < -0.39 is 0 Å². The summed E-state index contributed by atoms with van der Waals surface area (Å²) in [6.07, 6.45) is 1.12. The number of hydrogen-bond acceptors (Lipinski definition) is 2. The standard InChI is InChI=1S/C16H23N3/c1-11(2)9-14-5-7-15(8-6-14)13(4)19-16(17)10-12(3)18-19/h5-8,10-11,13H,9,17H2,1-4H3. The molecule has 2 N–H and O–H groups in total. The van der Waals surface area contributed by atoms with Crippen molar-refractivity contribution >= 4 is 5.82 Å². The Morgan fingerprint density at radius 2 is 1.79 bits per heavy atom. The molecule has 0 amide bonds. The van der Waals surface area contributed by atoms with Crippen LogP contribution in [0.4, 0.5) is 5.82 Å². The predicted molar refractivity (Wildman–Crippen MR) is 80.2 cm³/mol. The Kier molecular flexibility index (Phi) is 3.93. The second kappa shape index (κ2) is 5.47. The zero-order valence-electron chi connectivity index (χ0n) is 12.2. The van der Waals surface area contributed by atoms with Gasteiger partial charge in [0.15, 0.2) is 0 Å². The van der Waals surface area contributed by atoms with Gasteiger partial charge in [-0.25, -0.2) is 4.68 Å². The molecule has 1 atom stereocenters. The lowest BCUT2D eigenvalue weighted by Gasteiger charge is -2.15. The highest BCUT2D eigenvalue weighted by molar-refractivity contribution is 5.34. The molecule has 3 heteroatoms. The van der Waals surface area contributed by atoms with E-state index in [2.05, 4.69) is 50.1 Å². The molecule has 0 aliphatic rings. The number of aromatic nitrogens is 2. The van der Waals surface area contributed by atoms with E-state index in [0.717, 1.165) is 17.9 Å². The first-order valence-electron chi connectivity index (χ1n) is 6.88. The van der Waals surface area contributed by atoms with Crippen LogP contribution >= 0.6 is 0 Å². The van der Waals surface area contributed by atoms with Crippen LogP contribution in [0.5, 0.6) is 0 Å². The molecule has 3 nitrogen and oxygen atoms in total. The molecular weight excluding hydrogens is 234 g/mol. The third-order valence-corrected chi connectivity index (χ3v) is 3.36. The molecule has 1 heterocycles. The molecule has 0 bridgehead atoms. The molecule has 102 valence electrons. The van der Waals surface area contributed by atoms with Gasteiger partial charge in [-0.1, -0.05) is 38.1 Å². The number of benzene rings is 1. The highest BCUT2D eigenvalue weighted by atomic mass is 15.3. The quantitative estimate of drug-likeness (QED) is 0.909. The van der Waals surface area contributed by atoms with Crippen molar-refractivity contribution in [2.75, 3.05) is 5.73 Å². The predicted octanol–water partition coefficient (Wildman–Crippen LogP) is 3.58. The van der Waals surface area contributed by atoms with Crippen molar-refractivity contribution in [1.82, 2.24) is 9.78 Å². The number of anilines is 1. The molecule has 1 aromatic carbocycles. The lowest BCUT2D eigenvalue weighted by Crippen LogP contribution is -2.11. The molecular formula is C16H23N3. The smallest absolute Gasteiger partial charge is 0.122 e. The third-order valence-electron chi connectivity index (χ3n) is 3.36. The summed E-state index contributed by atoms with van der Waals surface area (Å²) in [5.41, 5.74) is 9.56. The Balaban J connectivity index is 2.20. The number of nitrogens with two attached hydrogens (primary N) is 1. The Morgan fingerprint density at radius 3 is 2.26 bits per heavy atom. The van der Waals surface area contributed by atoms with Gasteiger partial charge in [-0.05, 0) is 37.3 Å². The average molecular weight is 257 g/mol. The van der Waals surface area contributed by atoms with E-state index >= 15 is 0 Å². The number of nitrogens with zero attached hydrogens (tertiary/aromatic N) is 2. The van der Waals surface area contributed by atoms with Gasteiger partial charge in [0.2, 0.25) is 0 Å². The highest BCUT2D eigenvalue weighted by Gasteiger charge is 2.12. The van der Waals surface area contributed by atoms with Crippen molar-refractivity contribution in [3.63, 3.8) is 0 Å². The summed E-state index contributed by atoms with van der Waals surface area (Å²) < 4.78 is 1.88. The second-order valence-electron chi connectivity index (χ2n) is 5.67. The first-order valence-corrected chi connectivity index (χ1v) is 6.88. The maximum absolute atomic E-state index is 5.98. The molecule has 0 spiro atoms. The third kappa shape index (κ3) is 3.16. The van der Waals surface area contributed by atoms with Crippen LogP contribution in [0, 0.1) is 12.8 Å². The van der Waals surface area contributed by atoms with Crippen LogP contribution in [0.25, 0.3) is 0 Å². The topological polar surface area (TPSA) is 43.8 Å². The monoisotopic (exact) mass is 257 g/mol. The summed E-state index contributed by atoms with van der Waals surface area (Å²) in [7, 11) is 0. The fraction of sp³-hybridized carbons (Fsp3) is 0.438. The van der Waals surface area contributed by atoms with Crippen LogP contribution in [0.1, 0.15) is 43.6 Å². The van der Waals surface area contributed by atoms with Crippen molar-refractivity contribution in [1.29, 1.82) is 0 Å². The molecule has 0 aliphatic carbocycles. The number of hydrogen-bond donors (Lipinski definition) is 1. The highest BCUT2D eigenvalue weighted by Crippen LogP contribution is 2.22. The van der Waals surface area contributed by atoms with Crippen LogP contribution in [0.2, 0.25) is 0 Å². The fourth-order valence-corrected chi connectivity index (χ4v) is 2.39. The minimum Gasteiger partial charge on any atom is -0.384 e. The van der Waals surface area contributed by atoms with Gasteiger partial charge in [-0.3, -0.25) is 0 Å². The normalized spacial score (nSPS) is 12.9. The largest absolute Gasteiger partial charge is 0.384 e. The minimum atomic E-state index is 0.168. The molecule has 19 heavy (non-hydrogen) atoms. The van der Waals surface area contributed by atoms with E-state index in [1.165, 1.54) is 11.1 Å². The van der Waals surface area contributed by atoms with Gasteiger partial charge in [-0.2, -0.15) is 5.10 Å². The Hall–Kier alpha value is -1.77. The van der Waals surface area contributed by atoms with Crippen LogP contribution in [0.15, 0.2) is 30.3 Å². The van der Waals surface area contributed by atoms with Gasteiger partial charge < -0.3 is 5.73 Å². The van der Waals surface area contributed by atoms with Gasteiger partial charge in [0.25, 0.3) is 0 Å². The van der Waals surface area contributed by atoms with Gasteiger partial charge in [0.1, 0.15) is 5.82 Å². The Morgan fingerprint density at radius 1 is 1.16 bits per heavy atom. The lowest BCUT2D eigenvalue weighted by molar-refractivity contribution is 0.568. The zero-order valence-corrected chi connectivity index (χ0v) is 12.2. The second-order valence-corrected chi connectivity index (χ2v) is 5.67. The maximum atomic E-state index is 5.98. The molecule has 1 aromatic heterocycles. The molecule has 0 radical (unpaired) electrons. The molecule has 0 fully saturated rings. The van der Waals surface area contributed by atoms with E-state index in [9.17, 15) is 0 Å².